The van der Waals surface area contributed by atoms with Gasteiger partial charge < -0.3 is 14.4 Å². The number of furan rings is 1. The molecule has 0 saturated carbocycles. The van der Waals surface area contributed by atoms with Gasteiger partial charge in [-0.25, -0.2) is 0 Å². The molecule has 0 fully saturated rings. The van der Waals surface area contributed by atoms with Crippen LogP contribution in [0.1, 0.15) is 16.1 Å². The predicted octanol–water partition coefficient (Wildman–Crippen LogP) is 1.30. The second-order valence-electron chi connectivity index (χ2n) is 3.31. The van der Waals surface area contributed by atoms with Crippen LogP contribution in [0.15, 0.2) is 29.4 Å². The van der Waals surface area contributed by atoms with E-state index in [9.17, 15) is 9.59 Å². The Morgan fingerprint density at radius 1 is 1.62 bits per heavy atom. The number of carboxylic acid groups (broad SMARTS) is 1. The van der Waals surface area contributed by atoms with Gasteiger partial charge in [-0.2, -0.15) is 0 Å². The van der Waals surface area contributed by atoms with Crippen LogP contribution in [0.2, 0.25) is 0 Å². The smallest absolute Gasteiger partial charge is 0.323 e. The van der Waals surface area contributed by atoms with Gasteiger partial charge in [-0.1, -0.05) is 6.08 Å². The third kappa shape index (κ3) is 2.98. The number of hydrogen-bond acceptors (Lipinski definition) is 3. The van der Waals surface area contributed by atoms with Gasteiger partial charge >= 0.3 is 5.97 Å². The van der Waals surface area contributed by atoms with Gasteiger partial charge in [0.1, 0.15) is 18.6 Å². The summed E-state index contributed by atoms with van der Waals surface area (Å²) in [5.74, 6) is -0.827. The summed E-state index contributed by atoms with van der Waals surface area (Å²) in [5.41, 5.74) is 0.348. The van der Waals surface area contributed by atoms with Gasteiger partial charge in [0.05, 0.1) is 5.56 Å². The molecule has 0 saturated heterocycles. The summed E-state index contributed by atoms with van der Waals surface area (Å²) < 4.78 is 5.00. The van der Waals surface area contributed by atoms with E-state index >= 15 is 0 Å². The van der Waals surface area contributed by atoms with Gasteiger partial charge in [0.15, 0.2) is 0 Å². The molecular weight excluding hydrogens is 210 g/mol. The van der Waals surface area contributed by atoms with Crippen molar-refractivity contribution in [3.63, 3.8) is 0 Å². The second-order valence-corrected chi connectivity index (χ2v) is 3.31. The highest BCUT2D eigenvalue weighted by atomic mass is 16.4. The van der Waals surface area contributed by atoms with Gasteiger partial charge in [-0.3, -0.25) is 9.59 Å². The van der Waals surface area contributed by atoms with Crippen LogP contribution in [0.3, 0.4) is 0 Å². The Hall–Kier alpha value is -2.04. The van der Waals surface area contributed by atoms with E-state index in [0.717, 1.165) is 0 Å². The Kier molecular flexibility index (Phi) is 3.88. The zero-order valence-corrected chi connectivity index (χ0v) is 8.97. The number of amides is 1. The van der Waals surface area contributed by atoms with Crippen LogP contribution < -0.4 is 0 Å². The number of carbonyl (C=O) groups is 2. The van der Waals surface area contributed by atoms with Crippen LogP contribution >= 0.6 is 0 Å². The van der Waals surface area contributed by atoms with Crippen LogP contribution in [-0.2, 0) is 4.79 Å². The minimum atomic E-state index is -1.06. The average Bonchev–Trinajstić information content (AvgIpc) is 2.62. The van der Waals surface area contributed by atoms with Crippen molar-refractivity contribution < 1.29 is 19.1 Å². The predicted molar refractivity (Wildman–Crippen MR) is 57.2 cm³/mol. The molecule has 1 rings (SSSR count). The normalized spacial score (nSPS) is 9.81. The molecule has 5 nitrogen and oxygen atoms in total. The molecule has 0 spiro atoms. The highest BCUT2D eigenvalue weighted by molar-refractivity contribution is 5.95. The summed E-state index contributed by atoms with van der Waals surface area (Å²) in [6, 6.07) is 1.57. The number of nitrogens with zero attached hydrogens (tertiary/aromatic N) is 1. The van der Waals surface area contributed by atoms with Crippen LogP contribution in [-0.4, -0.2) is 35.0 Å². The molecule has 5 heteroatoms. The molecule has 0 aliphatic rings. The number of rotatable bonds is 5. The van der Waals surface area contributed by atoms with E-state index in [4.69, 9.17) is 9.52 Å². The first-order chi connectivity index (χ1) is 7.54. The first kappa shape index (κ1) is 12.0. The van der Waals surface area contributed by atoms with Crippen molar-refractivity contribution in [1.82, 2.24) is 4.90 Å². The first-order valence-corrected chi connectivity index (χ1v) is 4.71. The molecule has 1 amide bonds. The molecule has 0 aliphatic carbocycles. The highest BCUT2D eigenvalue weighted by Crippen LogP contribution is 2.09. The number of aliphatic carboxylic acids is 1. The third-order valence-corrected chi connectivity index (χ3v) is 1.94. The Morgan fingerprint density at radius 2 is 2.31 bits per heavy atom. The summed E-state index contributed by atoms with van der Waals surface area (Å²) in [5, 5.41) is 8.66. The standard InChI is InChI=1S/C11H13NO4/c1-3-4-12(6-10(13)14)11(15)9-5-8(2)16-7-9/h3,5,7H,1,4,6H2,2H3,(H,13,14). The lowest BCUT2D eigenvalue weighted by molar-refractivity contribution is -0.137. The topological polar surface area (TPSA) is 70.8 Å². The van der Waals surface area contributed by atoms with Crippen molar-refractivity contribution in [3.05, 3.63) is 36.3 Å². The average molecular weight is 223 g/mol. The zero-order valence-electron chi connectivity index (χ0n) is 8.97. The van der Waals surface area contributed by atoms with Crippen molar-refractivity contribution >= 4 is 11.9 Å². The zero-order chi connectivity index (χ0) is 12.1. The summed E-state index contributed by atoms with van der Waals surface area (Å²) in [6.45, 7) is 5.03. The maximum absolute atomic E-state index is 11.8. The molecule has 0 aromatic carbocycles. The molecule has 0 unspecified atom stereocenters. The Balaban J connectivity index is 2.81. The number of aryl methyl sites for hydroxylation is 1. The van der Waals surface area contributed by atoms with Crippen LogP contribution in [0.25, 0.3) is 0 Å². The minimum absolute atomic E-state index is 0.190. The molecule has 0 bridgehead atoms. The molecule has 1 N–H and O–H groups in total. The summed E-state index contributed by atoms with van der Waals surface area (Å²) in [7, 11) is 0. The Bertz CT molecular complexity index is 408. The fraction of sp³-hybridized carbons (Fsp3) is 0.273. The number of hydrogen-bond donors (Lipinski definition) is 1. The molecule has 0 radical (unpaired) electrons. The van der Waals surface area contributed by atoms with Crippen molar-refractivity contribution in [2.24, 2.45) is 0 Å². The molecule has 1 heterocycles. The lowest BCUT2D eigenvalue weighted by atomic mass is 10.2. The maximum Gasteiger partial charge on any atom is 0.323 e. The van der Waals surface area contributed by atoms with Crippen molar-refractivity contribution in [2.75, 3.05) is 13.1 Å². The van der Waals surface area contributed by atoms with Gasteiger partial charge in [-0.15, -0.1) is 6.58 Å². The van der Waals surface area contributed by atoms with E-state index in [0.29, 0.717) is 11.3 Å². The molecule has 1 aromatic heterocycles. The van der Waals surface area contributed by atoms with E-state index in [1.54, 1.807) is 13.0 Å². The van der Waals surface area contributed by atoms with E-state index in [1.165, 1.54) is 17.2 Å². The fourth-order valence-corrected chi connectivity index (χ4v) is 1.28. The molecular formula is C11H13NO4. The summed E-state index contributed by atoms with van der Waals surface area (Å²) >= 11 is 0. The maximum atomic E-state index is 11.8. The van der Waals surface area contributed by atoms with Crippen LogP contribution in [0, 0.1) is 6.92 Å². The molecule has 0 atom stereocenters. The van der Waals surface area contributed by atoms with E-state index in [2.05, 4.69) is 6.58 Å². The highest BCUT2D eigenvalue weighted by Gasteiger charge is 2.18. The largest absolute Gasteiger partial charge is 0.480 e. The first-order valence-electron chi connectivity index (χ1n) is 4.71. The van der Waals surface area contributed by atoms with E-state index < -0.39 is 5.97 Å². The van der Waals surface area contributed by atoms with E-state index in [1.807, 2.05) is 0 Å². The van der Waals surface area contributed by atoms with Crippen molar-refractivity contribution in [2.45, 2.75) is 6.92 Å². The third-order valence-electron chi connectivity index (χ3n) is 1.94. The quantitative estimate of drug-likeness (QED) is 0.764. The number of carbonyl (C=O) groups excluding carboxylic acids is 1. The molecule has 16 heavy (non-hydrogen) atoms. The van der Waals surface area contributed by atoms with Gasteiger partial charge in [0.2, 0.25) is 0 Å². The second kappa shape index (κ2) is 5.16. The molecule has 86 valence electrons. The minimum Gasteiger partial charge on any atom is -0.480 e. The fourth-order valence-electron chi connectivity index (χ4n) is 1.28. The van der Waals surface area contributed by atoms with Gasteiger partial charge in [-0.05, 0) is 13.0 Å². The number of carboxylic acids is 1. The lowest BCUT2D eigenvalue weighted by Gasteiger charge is -2.17. The Labute approximate surface area is 93.0 Å². The van der Waals surface area contributed by atoms with Crippen molar-refractivity contribution in [1.29, 1.82) is 0 Å². The lowest BCUT2D eigenvalue weighted by Crippen LogP contribution is -2.35. The van der Waals surface area contributed by atoms with Gasteiger partial charge in [0, 0.05) is 6.54 Å². The van der Waals surface area contributed by atoms with Crippen molar-refractivity contribution in [3.8, 4) is 0 Å². The van der Waals surface area contributed by atoms with E-state index in [-0.39, 0.29) is 19.0 Å². The van der Waals surface area contributed by atoms with Gasteiger partial charge in [0.25, 0.3) is 5.91 Å². The SMILES string of the molecule is C=CCN(CC(=O)O)C(=O)c1coc(C)c1. The molecule has 1 aromatic rings. The summed E-state index contributed by atoms with van der Waals surface area (Å²) in [6.07, 6.45) is 2.80. The summed E-state index contributed by atoms with van der Waals surface area (Å²) in [4.78, 5) is 23.6. The monoisotopic (exact) mass is 223 g/mol. The van der Waals surface area contributed by atoms with Crippen LogP contribution in [0.5, 0.6) is 0 Å². The molecule has 0 aliphatic heterocycles. The van der Waals surface area contributed by atoms with Crippen LogP contribution in [0.4, 0.5) is 0 Å². The Morgan fingerprint density at radius 3 is 2.75 bits per heavy atom.